The molecule has 1 N–H and O–H groups in total. The SMILES string of the molecule is Cc1noc(COc2ccc(C(=O)N[C@H]3CCc4cc(C#N)ccc43)cn2)n1. The first-order valence-electron chi connectivity index (χ1n) is 8.84. The number of nitrogens with zero attached hydrogens (tertiary/aromatic N) is 4. The minimum absolute atomic E-state index is 0.0630. The van der Waals surface area contributed by atoms with Gasteiger partial charge in [-0.2, -0.15) is 10.2 Å². The van der Waals surface area contributed by atoms with Gasteiger partial charge in [0.1, 0.15) is 0 Å². The lowest BCUT2D eigenvalue weighted by atomic mass is 10.1. The van der Waals surface area contributed by atoms with Gasteiger partial charge in [-0.25, -0.2) is 4.98 Å². The van der Waals surface area contributed by atoms with E-state index in [1.165, 1.54) is 6.20 Å². The average molecular weight is 375 g/mol. The maximum absolute atomic E-state index is 12.5. The third-order valence-corrected chi connectivity index (χ3v) is 4.57. The van der Waals surface area contributed by atoms with E-state index in [1.54, 1.807) is 25.1 Å². The first-order valence-corrected chi connectivity index (χ1v) is 8.84. The molecule has 4 rings (SSSR count). The molecule has 8 nitrogen and oxygen atoms in total. The number of amides is 1. The molecular weight excluding hydrogens is 358 g/mol. The molecule has 1 atom stereocenters. The maximum atomic E-state index is 12.5. The van der Waals surface area contributed by atoms with Crippen LogP contribution in [-0.4, -0.2) is 21.0 Å². The van der Waals surface area contributed by atoms with Crippen molar-refractivity contribution >= 4 is 5.91 Å². The van der Waals surface area contributed by atoms with Crippen LogP contribution in [0, 0.1) is 18.3 Å². The number of hydrogen-bond donors (Lipinski definition) is 1. The zero-order valence-electron chi connectivity index (χ0n) is 15.2. The van der Waals surface area contributed by atoms with Gasteiger partial charge in [-0.15, -0.1) is 0 Å². The van der Waals surface area contributed by atoms with Gasteiger partial charge >= 0.3 is 0 Å². The zero-order valence-corrected chi connectivity index (χ0v) is 15.2. The minimum atomic E-state index is -0.200. The summed E-state index contributed by atoms with van der Waals surface area (Å²) in [4.78, 5) is 20.7. The lowest BCUT2D eigenvalue weighted by Gasteiger charge is -2.14. The summed E-state index contributed by atoms with van der Waals surface area (Å²) in [6.07, 6.45) is 3.13. The average Bonchev–Trinajstić information content (AvgIpc) is 3.32. The van der Waals surface area contributed by atoms with Crippen molar-refractivity contribution in [2.75, 3.05) is 0 Å². The third kappa shape index (κ3) is 3.69. The van der Waals surface area contributed by atoms with Crippen LogP contribution in [-0.2, 0) is 13.0 Å². The first-order chi connectivity index (χ1) is 13.6. The lowest BCUT2D eigenvalue weighted by molar-refractivity contribution is 0.0936. The third-order valence-electron chi connectivity index (χ3n) is 4.57. The molecule has 0 fully saturated rings. The highest BCUT2D eigenvalue weighted by Crippen LogP contribution is 2.31. The van der Waals surface area contributed by atoms with E-state index in [-0.39, 0.29) is 18.6 Å². The van der Waals surface area contributed by atoms with Crippen LogP contribution in [0.5, 0.6) is 5.88 Å². The zero-order chi connectivity index (χ0) is 19.5. The lowest BCUT2D eigenvalue weighted by Crippen LogP contribution is -2.27. The summed E-state index contributed by atoms with van der Waals surface area (Å²) >= 11 is 0. The number of aromatic nitrogens is 3. The molecule has 0 saturated heterocycles. The summed E-state index contributed by atoms with van der Waals surface area (Å²) in [6.45, 7) is 1.84. The molecule has 1 amide bonds. The molecule has 2 heterocycles. The van der Waals surface area contributed by atoms with Gasteiger partial charge in [-0.1, -0.05) is 11.2 Å². The van der Waals surface area contributed by atoms with E-state index in [2.05, 4.69) is 26.5 Å². The van der Waals surface area contributed by atoms with Crippen LogP contribution < -0.4 is 10.1 Å². The second-order valence-corrected chi connectivity index (χ2v) is 6.50. The summed E-state index contributed by atoms with van der Waals surface area (Å²) in [7, 11) is 0. The highest BCUT2D eigenvalue weighted by Gasteiger charge is 2.24. The number of ether oxygens (including phenoxy) is 1. The largest absolute Gasteiger partial charge is 0.468 e. The predicted molar refractivity (Wildman–Crippen MR) is 97.3 cm³/mol. The molecule has 0 radical (unpaired) electrons. The van der Waals surface area contributed by atoms with Gasteiger partial charge in [-0.3, -0.25) is 4.79 Å². The summed E-state index contributed by atoms with van der Waals surface area (Å²) in [5.74, 6) is 1.06. The Balaban J connectivity index is 1.37. The molecule has 1 aliphatic rings. The van der Waals surface area contributed by atoms with E-state index in [4.69, 9.17) is 14.5 Å². The van der Waals surface area contributed by atoms with Gasteiger partial charge in [0.05, 0.1) is 23.2 Å². The van der Waals surface area contributed by atoms with E-state index in [9.17, 15) is 4.79 Å². The molecule has 1 aromatic carbocycles. The molecule has 1 aliphatic carbocycles. The van der Waals surface area contributed by atoms with Crippen molar-refractivity contribution in [2.45, 2.75) is 32.4 Å². The Labute approximate surface area is 161 Å². The Morgan fingerprint density at radius 3 is 3.00 bits per heavy atom. The topological polar surface area (TPSA) is 114 Å². The molecule has 8 heteroatoms. The molecule has 140 valence electrons. The minimum Gasteiger partial charge on any atom is -0.468 e. The van der Waals surface area contributed by atoms with Gasteiger partial charge in [0.2, 0.25) is 5.88 Å². The van der Waals surface area contributed by atoms with E-state index in [1.807, 2.05) is 12.1 Å². The number of benzene rings is 1. The Morgan fingerprint density at radius 2 is 2.29 bits per heavy atom. The van der Waals surface area contributed by atoms with Gasteiger partial charge in [0.25, 0.3) is 11.8 Å². The summed E-state index contributed by atoms with van der Waals surface area (Å²) in [5.41, 5.74) is 3.27. The normalized spacial score (nSPS) is 14.9. The standard InChI is InChI=1S/C20H17N5O3/c1-12-23-19(28-25-12)11-27-18-7-4-15(10-22-18)20(26)24-17-6-3-14-8-13(9-21)2-5-16(14)17/h2,4-5,7-8,10,17H,3,6,11H2,1H3,(H,24,26)/t17-/m0/s1. The fraction of sp³-hybridized carbons (Fsp3) is 0.250. The van der Waals surface area contributed by atoms with Crippen LogP contribution >= 0.6 is 0 Å². The Hall–Kier alpha value is -3.73. The molecule has 0 unspecified atom stereocenters. The Bertz CT molecular complexity index is 1050. The quantitative estimate of drug-likeness (QED) is 0.729. The molecule has 3 aromatic rings. The van der Waals surface area contributed by atoms with Gasteiger partial charge < -0.3 is 14.6 Å². The van der Waals surface area contributed by atoms with Crippen molar-refractivity contribution in [3.05, 3.63) is 70.5 Å². The van der Waals surface area contributed by atoms with Gasteiger partial charge in [-0.05, 0) is 49.1 Å². The van der Waals surface area contributed by atoms with E-state index < -0.39 is 0 Å². The molecule has 0 bridgehead atoms. The fourth-order valence-electron chi connectivity index (χ4n) is 3.21. The van der Waals surface area contributed by atoms with E-state index in [0.29, 0.717) is 28.7 Å². The van der Waals surface area contributed by atoms with Crippen molar-refractivity contribution in [1.29, 1.82) is 5.26 Å². The summed E-state index contributed by atoms with van der Waals surface area (Å²) in [6, 6.07) is 11.0. The Morgan fingerprint density at radius 1 is 1.39 bits per heavy atom. The smallest absolute Gasteiger partial charge is 0.264 e. The van der Waals surface area contributed by atoms with Gasteiger partial charge in [0.15, 0.2) is 12.4 Å². The maximum Gasteiger partial charge on any atom is 0.264 e. The van der Waals surface area contributed by atoms with Crippen molar-refractivity contribution in [2.24, 2.45) is 0 Å². The number of carbonyl (C=O) groups excluding carboxylic acids is 1. The number of aryl methyl sites for hydroxylation is 2. The highest BCUT2D eigenvalue weighted by atomic mass is 16.5. The Kier molecular flexibility index (Phi) is 4.72. The molecule has 0 saturated carbocycles. The fourth-order valence-corrected chi connectivity index (χ4v) is 3.21. The van der Waals surface area contributed by atoms with Crippen molar-refractivity contribution in [3.8, 4) is 11.9 Å². The first kappa shape index (κ1) is 17.7. The number of fused-ring (bicyclic) bond motifs is 1. The highest BCUT2D eigenvalue weighted by molar-refractivity contribution is 5.94. The van der Waals surface area contributed by atoms with Crippen LogP contribution in [0.25, 0.3) is 0 Å². The monoisotopic (exact) mass is 375 g/mol. The van der Waals surface area contributed by atoms with Crippen LogP contribution in [0.1, 0.15) is 51.2 Å². The molecular formula is C20H17N5O3. The van der Waals surface area contributed by atoms with Crippen molar-refractivity contribution in [1.82, 2.24) is 20.4 Å². The number of hydrogen-bond acceptors (Lipinski definition) is 7. The number of carbonyl (C=O) groups is 1. The van der Waals surface area contributed by atoms with Gasteiger partial charge in [0, 0.05) is 12.3 Å². The van der Waals surface area contributed by atoms with Crippen molar-refractivity contribution in [3.63, 3.8) is 0 Å². The van der Waals surface area contributed by atoms with E-state index >= 15 is 0 Å². The second-order valence-electron chi connectivity index (χ2n) is 6.50. The van der Waals surface area contributed by atoms with Crippen LogP contribution in [0.4, 0.5) is 0 Å². The predicted octanol–water partition coefficient (Wildman–Crippen LogP) is 2.64. The molecule has 2 aromatic heterocycles. The summed E-state index contributed by atoms with van der Waals surface area (Å²) < 4.78 is 10.4. The molecule has 0 spiro atoms. The number of rotatable bonds is 5. The summed E-state index contributed by atoms with van der Waals surface area (Å²) in [5, 5.41) is 15.7. The number of nitrogens with one attached hydrogen (secondary N) is 1. The van der Waals surface area contributed by atoms with Crippen LogP contribution in [0.3, 0.4) is 0 Å². The van der Waals surface area contributed by atoms with Crippen LogP contribution in [0.15, 0.2) is 41.1 Å². The molecule has 0 aliphatic heterocycles. The van der Waals surface area contributed by atoms with Crippen molar-refractivity contribution < 1.29 is 14.1 Å². The van der Waals surface area contributed by atoms with Crippen LogP contribution in [0.2, 0.25) is 0 Å². The number of pyridine rings is 1. The molecule has 28 heavy (non-hydrogen) atoms. The number of nitriles is 1. The van der Waals surface area contributed by atoms with E-state index in [0.717, 1.165) is 24.0 Å². The second kappa shape index (κ2) is 7.48.